The Balaban J connectivity index is 2.18. The van der Waals surface area contributed by atoms with E-state index in [9.17, 15) is 14.3 Å². The van der Waals surface area contributed by atoms with Crippen LogP contribution in [0.15, 0.2) is 41.0 Å². The molecular weight excluding hydrogens is 305 g/mol. The minimum absolute atomic E-state index is 0.0222. The Morgan fingerprint density at radius 3 is 2.64 bits per heavy atom. The molecule has 6 heteroatoms. The Morgan fingerprint density at radius 2 is 2.05 bits per heavy atom. The molecule has 0 saturated heterocycles. The smallest absolute Gasteiger partial charge is 0.287 e. The number of nitrogens with one attached hydrogen (secondary N) is 1. The number of carbonyl (C=O) groups excluding carboxylic acids is 1. The Bertz CT molecular complexity index is 623. The molecule has 22 heavy (non-hydrogen) atoms. The van der Waals surface area contributed by atoms with Crippen molar-refractivity contribution < 1.29 is 18.7 Å². The molecule has 0 aliphatic carbocycles. The Labute approximate surface area is 132 Å². The van der Waals surface area contributed by atoms with Crippen LogP contribution in [-0.4, -0.2) is 35.2 Å². The highest BCUT2D eigenvalue weighted by Gasteiger charge is 2.22. The van der Waals surface area contributed by atoms with Crippen molar-refractivity contribution in [3.8, 4) is 11.1 Å². The van der Waals surface area contributed by atoms with E-state index in [0.717, 1.165) is 0 Å². The van der Waals surface area contributed by atoms with Gasteiger partial charge in [-0.15, -0.1) is 0 Å². The normalized spacial score (nSPS) is 13.6. The number of hydrogen-bond acceptors (Lipinski definition) is 4. The first-order chi connectivity index (χ1) is 10.6. The molecular formula is C16H18FNO3S. The van der Waals surface area contributed by atoms with Crippen molar-refractivity contribution in [1.29, 1.82) is 0 Å². The summed E-state index contributed by atoms with van der Waals surface area (Å²) in [6, 6.07) is 7.33. The number of thioether (sulfide) groups is 1. The second-order valence-corrected chi connectivity index (χ2v) is 5.97. The summed E-state index contributed by atoms with van der Waals surface area (Å²) in [5.74, 6) is -0.516. The van der Waals surface area contributed by atoms with Crippen molar-refractivity contribution in [2.45, 2.75) is 18.2 Å². The van der Waals surface area contributed by atoms with Crippen LogP contribution in [0.25, 0.3) is 11.1 Å². The molecule has 0 spiro atoms. The fourth-order valence-corrected chi connectivity index (χ4v) is 2.77. The number of aliphatic hydroxyl groups is 1. The lowest BCUT2D eigenvalue weighted by atomic mass is 10.1. The molecule has 0 saturated carbocycles. The number of amides is 1. The van der Waals surface area contributed by atoms with E-state index in [1.54, 1.807) is 18.2 Å². The number of furan rings is 1. The summed E-state index contributed by atoms with van der Waals surface area (Å²) in [7, 11) is 0. The summed E-state index contributed by atoms with van der Waals surface area (Å²) in [4.78, 5) is 12.3. The van der Waals surface area contributed by atoms with Crippen molar-refractivity contribution in [2.75, 3.05) is 12.9 Å². The van der Waals surface area contributed by atoms with Crippen LogP contribution >= 0.6 is 11.8 Å². The summed E-state index contributed by atoms with van der Waals surface area (Å²) in [6.45, 7) is 1.81. The molecule has 0 bridgehead atoms. The molecule has 2 rings (SSSR count). The SMILES string of the molecule is CS[C@@H](CO)[C@@H](C)NC(=O)c1occc1-c1ccc(F)cc1. The van der Waals surface area contributed by atoms with Crippen LogP contribution in [0.1, 0.15) is 17.5 Å². The minimum Gasteiger partial charge on any atom is -0.459 e. The highest BCUT2D eigenvalue weighted by atomic mass is 32.2. The van der Waals surface area contributed by atoms with Crippen LogP contribution in [-0.2, 0) is 0 Å². The van der Waals surface area contributed by atoms with Gasteiger partial charge in [0.05, 0.1) is 12.9 Å². The molecule has 2 atom stereocenters. The first-order valence-electron chi connectivity index (χ1n) is 6.84. The monoisotopic (exact) mass is 323 g/mol. The van der Waals surface area contributed by atoms with Crippen LogP contribution in [0, 0.1) is 5.82 Å². The van der Waals surface area contributed by atoms with Gasteiger partial charge in [-0.05, 0) is 36.9 Å². The maximum absolute atomic E-state index is 13.0. The molecule has 118 valence electrons. The van der Waals surface area contributed by atoms with Crippen molar-refractivity contribution in [1.82, 2.24) is 5.32 Å². The van der Waals surface area contributed by atoms with Crippen molar-refractivity contribution in [3.63, 3.8) is 0 Å². The summed E-state index contributed by atoms with van der Waals surface area (Å²) < 4.78 is 18.3. The average Bonchev–Trinajstić information content (AvgIpc) is 2.98. The molecule has 0 aliphatic heterocycles. The topological polar surface area (TPSA) is 62.5 Å². The first-order valence-corrected chi connectivity index (χ1v) is 8.13. The molecule has 1 aromatic carbocycles. The highest BCUT2D eigenvalue weighted by molar-refractivity contribution is 7.99. The number of carbonyl (C=O) groups is 1. The Kier molecular flexibility index (Phi) is 5.63. The van der Waals surface area contributed by atoms with Gasteiger partial charge in [-0.25, -0.2) is 4.39 Å². The standard InChI is InChI=1S/C16H18FNO3S/c1-10(14(9-19)22-2)18-16(20)15-13(7-8-21-15)11-3-5-12(17)6-4-11/h3-8,10,14,19H,9H2,1-2H3,(H,18,20)/t10-,14+/m1/s1. The zero-order chi connectivity index (χ0) is 16.1. The van der Waals surface area contributed by atoms with Gasteiger partial charge in [-0.3, -0.25) is 4.79 Å². The van der Waals surface area contributed by atoms with Crippen molar-refractivity contribution in [3.05, 3.63) is 48.2 Å². The van der Waals surface area contributed by atoms with E-state index < -0.39 is 0 Å². The molecule has 0 unspecified atom stereocenters. The number of halogens is 1. The zero-order valence-corrected chi connectivity index (χ0v) is 13.2. The van der Waals surface area contributed by atoms with Crippen LogP contribution in [0.5, 0.6) is 0 Å². The van der Waals surface area contributed by atoms with Crippen LogP contribution in [0.2, 0.25) is 0 Å². The molecule has 4 nitrogen and oxygen atoms in total. The minimum atomic E-state index is -0.357. The lowest BCUT2D eigenvalue weighted by Gasteiger charge is -2.20. The van der Waals surface area contributed by atoms with Crippen molar-refractivity contribution >= 4 is 17.7 Å². The average molecular weight is 323 g/mol. The predicted octanol–water partition coefficient (Wildman–Crippen LogP) is 2.93. The molecule has 2 aromatic rings. The summed E-state index contributed by atoms with van der Waals surface area (Å²) in [5, 5.41) is 12.0. The quantitative estimate of drug-likeness (QED) is 0.858. The molecule has 0 aliphatic rings. The number of benzene rings is 1. The lowest BCUT2D eigenvalue weighted by molar-refractivity contribution is 0.0909. The second kappa shape index (κ2) is 7.47. The molecule has 0 radical (unpaired) electrons. The van der Waals surface area contributed by atoms with E-state index in [1.165, 1.54) is 30.2 Å². The first kappa shape index (κ1) is 16.6. The third-order valence-electron chi connectivity index (χ3n) is 3.43. The van der Waals surface area contributed by atoms with Gasteiger partial charge < -0.3 is 14.8 Å². The Hall–Kier alpha value is -1.79. The van der Waals surface area contributed by atoms with Gasteiger partial charge in [0.2, 0.25) is 0 Å². The van der Waals surface area contributed by atoms with Gasteiger partial charge >= 0.3 is 0 Å². The van der Waals surface area contributed by atoms with E-state index in [-0.39, 0.29) is 35.4 Å². The van der Waals surface area contributed by atoms with Crippen LogP contribution in [0.3, 0.4) is 0 Å². The highest BCUT2D eigenvalue weighted by Crippen LogP contribution is 2.25. The summed E-state index contributed by atoms with van der Waals surface area (Å²) in [5.41, 5.74) is 1.31. The van der Waals surface area contributed by atoms with Gasteiger partial charge in [-0.2, -0.15) is 11.8 Å². The van der Waals surface area contributed by atoms with E-state index in [4.69, 9.17) is 4.42 Å². The summed E-state index contributed by atoms with van der Waals surface area (Å²) in [6.07, 6.45) is 3.30. The van der Waals surface area contributed by atoms with E-state index in [2.05, 4.69) is 5.32 Å². The summed E-state index contributed by atoms with van der Waals surface area (Å²) >= 11 is 1.48. The third kappa shape index (κ3) is 3.69. The molecule has 2 N–H and O–H groups in total. The van der Waals surface area contributed by atoms with Gasteiger partial charge in [0.1, 0.15) is 5.82 Å². The van der Waals surface area contributed by atoms with Crippen LogP contribution < -0.4 is 5.32 Å². The fraction of sp³-hybridized carbons (Fsp3) is 0.312. The van der Waals surface area contributed by atoms with E-state index >= 15 is 0 Å². The largest absolute Gasteiger partial charge is 0.459 e. The maximum Gasteiger partial charge on any atom is 0.287 e. The fourth-order valence-electron chi connectivity index (χ4n) is 2.14. The van der Waals surface area contributed by atoms with Gasteiger partial charge in [0.25, 0.3) is 5.91 Å². The maximum atomic E-state index is 13.0. The molecule has 1 aromatic heterocycles. The number of aliphatic hydroxyl groups excluding tert-OH is 1. The molecule has 0 fully saturated rings. The Morgan fingerprint density at radius 1 is 1.36 bits per heavy atom. The van der Waals surface area contributed by atoms with Crippen LogP contribution in [0.4, 0.5) is 4.39 Å². The predicted molar refractivity (Wildman–Crippen MR) is 85.4 cm³/mol. The number of rotatable bonds is 6. The number of hydrogen-bond donors (Lipinski definition) is 2. The van der Waals surface area contributed by atoms with Crippen molar-refractivity contribution in [2.24, 2.45) is 0 Å². The van der Waals surface area contributed by atoms with Gasteiger partial charge in [0, 0.05) is 16.9 Å². The van der Waals surface area contributed by atoms with E-state index in [0.29, 0.717) is 11.1 Å². The van der Waals surface area contributed by atoms with E-state index in [1.807, 2.05) is 13.2 Å². The second-order valence-electron chi connectivity index (χ2n) is 4.89. The molecule has 1 amide bonds. The van der Waals surface area contributed by atoms with Gasteiger partial charge in [0.15, 0.2) is 5.76 Å². The van der Waals surface area contributed by atoms with Gasteiger partial charge in [-0.1, -0.05) is 12.1 Å². The third-order valence-corrected chi connectivity index (χ3v) is 4.59. The zero-order valence-electron chi connectivity index (χ0n) is 12.4. The molecule has 1 heterocycles. The lowest BCUT2D eigenvalue weighted by Crippen LogP contribution is -2.41.